The van der Waals surface area contributed by atoms with E-state index in [2.05, 4.69) is 17.1 Å². The smallest absolute Gasteiger partial charge is 0.270 e. The average Bonchev–Trinajstić information content (AvgIpc) is 3.16. The number of rotatable bonds is 5. The summed E-state index contributed by atoms with van der Waals surface area (Å²) in [5.74, 6) is 1.41. The Labute approximate surface area is 166 Å². The summed E-state index contributed by atoms with van der Waals surface area (Å²) in [5, 5.41) is 0.854. The van der Waals surface area contributed by atoms with Crippen LogP contribution in [0.4, 0.5) is 0 Å². The fourth-order valence-corrected chi connectivity index (χ4v) is 4.08. The zero-order chi connectivity index (χ0) is 19.7. The van der Waals surface area contributed by atoms with Gasteiger partial charge in [-0.2, -0.15) is 0 Å². The van der Waals surface area contributed by atoms with Crippen molar-refractivity contribution in [2.24, 2.45) is 0 Å². The first kappa shape index (κ1) is 18.3. The van der Waals surface area contributed by atoms with E-state index in [1.54, 1.807) is 25.0 Å². The van der Waals surface area contributed by atoms with E-state index in [-0.39, 0.29) is 5.56 Å². The second-order valence-corrected chi connectivity index (χ2v) is 7.53. The van der Waals surface area contributed by atoms with E-state index in [9.17, 15) is 4.79 Å². The summed E-state index contributed by atoms with van der Waals surface area (Å²) in [6, 6.07) is 15.7. The Morgan fingerprint density at radius 3 is 2.54 bits per heavy atom. The molecule has 0 N–H and O–H groups in total. The lowest BCUT2D eigenvalue weighted by Gasteiger charge is -2.11. The van der Waals surface area contributed by atoms with Crippen LogP contribution in [0.3, 0.4) is 0 Å². The number of ether oxygens (including phenoxy) is 2. The molecule has 2 aromatic carbocycles. The van der Waals surface area contributed by atoms with Crippen molar-refractivity contribution in [3.05, 3.63) is 76.2 Å². The van der Waals surface area contributed by atoms with Gasteiger partial charge in [0.05, 0.1) is 26.3 Å². The zero-order valence-electron chi connectivity index (χ0n) is 15.9. The molecule has 28 heavy (non-hydrogen) atoms. The minimum atomic E-state index is -0.0498. The van der Waals surface area contributed by atoms with Gasteiger partial charge in [-0.15, -0.1) is 11.3 Å². The third-order valence-corrected chi connectivity index (χ3v) is 5.76. The summed E-state index contributed by atoms with van der Waals surface area (Å²) in [6.07, 6.45) is 1.78. The summed E-state index contributed by atoms with van der Waals surface area (Å²) in [5.41, 5.74) is 3.80. The van der Waals surface area contributed by atoms with Gasteiger partial charge in [-0.25, -0.2) is 4.98 Å². The predicted octanol–water partition coefficient (Wildman–Crippen LogP) is 4.50. The van der Waals surface area contributed by atoms with Crippen LogP contribution < -0.4 is 15.0 Å². The van der Waals surface area contributed by atoms with Crippen LogP contribution in [0.5, 0.6) is 11.5 Å². The molecule has 0 atom stereocenters. The molecule has 0 aliphatic carbocycles. The van der Waals surface area contributed by atoms with Crippen molar-refractivity contribution in [3.63, 3.8) is 0 Å². The molecule has 0 aliphatic rings. The molecule has 0 spiro atoms. The fourth-order valence-electron chi connectivity index (χ4n) is 3.07. The van der Waals surface area contributed by atoms with E-state index in [1.807, 2.05) is 43.3 Å². The first-order valence-corrected chi connectivity index (χ1v) is 9.68. The van der Waals surface area contributed by atoms with Gasteiger partial charge in [0.2, 0.25) is 0 Å². The number of nitrogens with zero attached hydrogens (tertiary/aromatic N) is 2. The number of fused-ring (bicyclic) bond motifs is 1. The molecule has 0 aliphatic heterocycles. The number of hydrogen-bond donors (Lipinski definition) is 0. The van der Waals surface area contributed by atoms with Gasteiger partial charge in [0.1, 0.15) is 21.2 Å². The number of aryl methyl sites for hydroxylation is 1. The third-order valence-electron chi connectivity index (χ3n) is 4.65. The van der Waals surface area contributed by atoms with Crippen LogP contribution in [0, 0.1) is 6.92 Å². The number of hydrogen-bond acceptors (Lipinski definition) is 5. The topological polar surface area (TPSA) is 53.4 Å². The highest BCUT2D eigenvalue weighted by Crippen LogP contribution is 2.29. The average molecular weight is 392 g/mol. The SMILES string of the molecule is COc1ccc(Cn2ccc3nc(-c4ccc(C)cc4)sc3c2=O)c(OC)c1. The molecule has 6 heteroatoms. The maximum Gasteiger partial charge on any atom is 0.270 e. The molecule has 142 valence electrons. The highest BCUT2D eigenvalue weighted by molar-refractivity contribution is 7.21. The number of benzene rings is 2. The number of aromatic nitrogens is 2. The Balaban J connectivity index is 1.72. The molecule has 0 fully saturated rings. The Bertz CT molecular complexity index is 1190. The summed E-state index contributed by atoms with van der Waals surface area (Å²) in [4.78, 5) is 17.7. The van der Waals surface area contributed by atoms with Crippen molar-refractivity contribution in [1.82, 2.24) is 9.55 Å². The van der Waals surface area contributed by atoms with Gasteiger partial charge in [0, 0.05) is 23.4 Å². The Kier molecular flexibility index (Phi) is 4.88. The largest absolute Gasteiger partial charge is 0.497 e. The molecule has 4 aromatic rings. The second kappa shape index (κ2) is 7.48. The molecule has 5 nitrogen and oxygen atoms in total. The Hall–Kier alpha value is -3.12. The summed E-state index contributed by atoms with van der Waals surface area (Å²) in [7, 11) is 3.23. The van der Waals surface area contributed by atoms with Crippen molar-refractivity contribution in [3.8, 4) is 22.1 Å². The predicted molar refractivity (Wildman–Crippen MR) is 113 cm³/mol. The molecule has 0 unspecified atom stereocenters. The van der Waals surface area contributed by atoms with Gasteiger partial charge in [-0.1, -0.05) is 29.8 Å². The molecular formula is C22H20N2O3S. The highest BCUT2D eigenvalue weighted by Gasteiger charge is 2.13. The van der Waals surface area contributed by atoms with Crippen LogP contribution in [0.2, 0.25) is 0 Å². The minimum absolute atomic E-state index is 0.0498. The minimum Gasteiger partial charge on any atom is -0.497 e. The summed E-state index contributed by atoms with van der Waals surface area (Å²) in [6.45, 7) is 2.47. The first-order chi connectivity index (χ1) is 13.6. The van der Waals surface area contributed by atoms with E-state index < -0.39 is 0 Å². The van der Waals surface area contributed by atoms with Crippen LogP contribution in [-0.2, 0) is 6.54 Å². The standard InChI is InChI=1S/C22H20N2O3S/c1-14-4-6-15(7-5-14)21-23-18-10-11-24(22(25)20(18)28-21)13-16-8-9-17(26-2)12-19(16)27-3/h4-12H,13H2,1-3H3. The van der Waals surface area contributed by atoms with Crippen molar-refractivity contribution in [1.29, 1.82) is 0 Å². The molecule has 2 aromatic heterocycles. The van der Waals surface area contributed by atoms with Crippen LogP contribution >= 0.6 is 11.3 Å². The van der Waals surface area contributed by atoms with Crippen LogP contribution in [0.25, 0.3) is 20.8 Å². The number of thiazole rings is 1. The van der Waals surface area contributed by atoms with Crippen LogP contribution in [-0.4, -0.2) is 23.8 Å². The molecule has 2 heterocycles. The first-order valence-electron chi connectivity index (χ1n) is 8.87. The number of pyridine rings is 1. The molecule has 0 radical (unpaired) electrons. The van der Waals surface area contributed by atoms with Gasteiger partial charge in [-0.3, -0.25) is 4.79 Å². The van der Waals surface area contributed by atoms with Gasteiger partial charge in [-0.05, 0) is 25.1 Å². The van der Waals surface area contributed by atoms with E-state index in [0.29, 0.717) is 22.7 Å². The quantitative estimate of drug-likeness (QED) is 0.502. The molecule has 0 bridgehead atoms. The molecule has 0 amide bonds. The third kappa shape index (κ3) is 3.39. The molecular weight excluding hydrogens is 372 g/mol. The molecule has 0 saturated heterocycles. The molecule has 0 saturated carbocycles. The van der Waals surface area contributed by atoms with Crippen molar-refractivity contribution in [2.45, 2.75) is 13.5 Å². The van der Waals surface area contributed by atoms with Crippen molar-refractivity contribution in [2.75, 3.05) is 14.2 Å². The summed E-state index contributed by atoms with van der Waals surface area (Å²) < 4.78 is 13.0. The van der Waals surface area contributed by atoms with E-state index in [1.165, 1.54) is 16.9 Å². The van der Waals surface area contributed by atoms with E-state index in [4.69, 9.17) is 9.47 Å². The zero-order valence-corrected chi connectivity index (χ0v) is 16.7. The van der Waals surface area contributed by atoms with Gasteiger partial charge >= 0.3 is 0 Å². The van der Waals surface area contributed by atoms with Crippen molar-refractivity contribution < 1.29 is 9.47 Å². The summed E-state index contributed by atoms with van der Waals surface area (Å²) >= 11 is 1.43. The van der Waals surface area contributed by atoms with Gasteiger partial charge in [0.15, 0.2) is 0 Å². The maximum atomic E-state index is 13.0. The van der Waals surface area contributed by atoms with Crippen LogP contribution in [0.15, 0.2) is 59.5 Å². The fraction of sp³-hybridized carbons (Fsp3) is 0.182. The van der Waals surface area contributed by atoms with E-state index >= 15 is 0 Å². The second-order valence-electron chi connectivity index (χ2n) is 6.53. The maximum absolute atomic E-state index is 13.0. The van der Waals surface area contributed by atoms with E-state index in [0.717, 1.165) is 21.7 Å². The highest BCUT2D eigenvalue weighted by atomic mass is 32.1. The Morgan fingerprint density at radius 2 is 1.82 bits per heavy atom. The normalized spacial score (nSPS) is 11.0. The van der Waals surface area contributed by atoms with Gasteiger partial charge < -0.3 is 14.0 Å². The van der Waals surface area contributed by atoms with Gasteiger partial charge in [0.25, 0.3) is 5.56 Å². The lowest BCUT2D eigenvalue weighted by Crippen LogP contribution is -2.19. The number of methoxy groups -OCH3 is 2. The monoisotopic (exact) mass is 392 g/mol. The molecule has 4 rings (SSSR count). The van der Waals surface area contributed by atoms with Crippen molar-refractivity contribution >= 4 is 21.6 Å². The lowest BCUT2D eigenvalue weighted by atomic mass is 10.2. The Morgan fingerprint density at radius 1 is 1.04 bits per heavy atom. The lowest BCUT2D eigenvalue weighted by molar-refractivity contribution is 0.390. The van der Waals surface area contributed by atoms with Crippen LogP contribution in [0.1, 0.15) is 11.1 Å².